The van der Waals surface area contributed by atoms with Gasteiger partial charge in [0.2, 0.25) is 5.91 Å². The topological polar surface area (TPSA) is 96.0 Å². The molecule has 158 valence electrons. The van der Waals surface area contributed by atoms with Crippen molar-refractivity contribution in [3.8, 4) is 0 Å². The highest BCUT2D eigenvalue weighted by atomic mass is 19.3. The number of anilines is 3. The van der Waals surface area contributed by atoms with E-state index in [0.717, 1.165) is 18.1 Å². The molecule has 31 heavy (non-hydrogen) atoms. The van der Waals surface area contributed by atoms with Crippen molar-refractivity contribution in [2.45, 2.75) is 25.8 Å². The lowest BCUT2D eigenvalue weighted by Gasteiger charge is -2.14. The number of benzene rings is 1. The number of hydrogen-bond donors (Lipinski definition) is 3. The van der Waals surface area contributed by atoms with E-state index < -0.39 is 11.8 Å². The van der Waals surface area contributed by atoms with Crippen LogP contribution in [0.2, 0.25) is 0 Å². The lowest BCUT2D eigenvalue weighted by atomic mass is 10.1. The maximum atomic E-state index is 13.4. The Labute approximate surface area is 176 Å². The van der Waals surface area contributed by atoms with Crippen LogP contribution in [-0.4, -0.2) is 21.8 Å². The van der Waals surface area contributed by atoms with Gasteiger partial charge >= 0.3 is 0 Å². The average molecular weight is 423 g/mol. The summed E-state index contributed by atoms with van der Waals surface area (Å²) in [6.45, 7) is 1.16. The Bertz CT molecular complexity index is 1140. The summed E-state index contributed by atoms with van der Waals surface area (Å²) in [4.78, 5) is 32.8. The average Bonchev–Trinajstić information content (AvgIpc) is 3.13. The van der Waals surface area contributed by atoms with Crippen LogP contribution in [0.25, 0.3) is 0 Å². The lowest BCUT2D eigenvalue weighted by molar-refractivity contribution is -0.115. The molecule has 2 aromatic heterocycles. The third-order valence-corrected chi connectivity index (χ3v) is 4.90. The van der Waals surface area contributed by atoms with Gasteiger partial charge in [-0.3, -0.25) is 9.59 Å². The van der Waals surface area contributed by atoms with E-state index in [2.05, 4.69) is 25.9 Å². The van der Waals surface area contributed by atoms with Gasteiger partial charge in [-0.25, -0.2) is 18.7 Å². The second-order valence-corrected chi connectivity index (χ2v) is 7.20. The number of rotatable bonds is 6. The molecule has 1 aromatic carbocycles. The minimum atomic E-state index is -2.95. The fourth-order valence-electron chi connectivity index (χ4n) is 3.29. The van der Waals surface area contributed by atoms with E-state index in [1.54, 1.807) is 30.6 Å². The number of alkyl halides is 2. The van der Waals surface area contributed by atoms with Gasteiger partial charge in [0.25, 0.3) is 11.8 Å². The summed E-state index contributed by atoms with van der Waals surface area (Å²) in [5.41, 5.74) is 2.25. The number of amides is 2. The molecule has 3 heterocycles. The first kappa shape index (κ1) is 20.4. The van der Waals surface area contributed by atoms with Gasteiger partial charge in [0.05, 0.1) is 12.0 Å². The molecule has 0 aliphatic carbocycles. The Morgan fingerprint density at radius 1 is 1.13 bits per heavy atom. The summed E-state index contributed by atoms with van der Waals surface area (Å²) in [6, 6.07) is 10.5. The van der Waals surface area contributed by atoms with Crippen molar-refractivity contribution in [3.05, 3.63) is 77.1 Å². The monoisotopic (exact) mass is 423 g/mol. The van der Waals surface area contributed by atoms with Gasteiger partial charge in [0.15, 0.2) is 0 Å². The fourth-order valence-corrected chi connectivity index (χ4v) is 3.29. The van der Waals surface area contributed by atoms with Crippen molar-refractivity contribution >= 4 is 29.1 Å². The number of carbonyl (C=O) groups is 2. The van der Waals surface area contributed by atoms with Crippen molar-refractivity contribution < 1.29 is 18.4 Å². The highest BCUT2D eigenvalue weighted by Crippen LogP contribution is 2.28. The van der Waals surface area contributed by atoms with Gasteiger partial charge in [-0.15, -0.1) is 0 Å². The van der Waals surface area contributed by atoms with E-state index in [1.165, 1.54) is 24.3 Å². The van der Waals surface area contributed by atoms with Crippen LogP contribution in [0.1, 0.15) is 34.0 Å². The zero-order chi connectivity index (χ0) is 22.0. The Hall–Kier alpha value is -3.88. The third-order valence-electron chi connectivity index (χ3n) is 4.90. The number of carbonyl (C=O) groups excluding carboxylic acids is 2. The van der Waals surface area contributed by atoms with E-state index in [4.69, 9.17) is 0 Å². The minimum absolute atomic E-state index is 0.111. The van der Waals surface area contributed by atoms with E-state index in [0.29, 0.717) is 29.4 Å². The first-order chi connectivity index (χ1) is 14.8. The van der Waals surface area contributed by atoms with Crippen molar-refractivity contribution in [3.63, 3.8) is 0 Å². The number of hydrogen-bond acceptors (Lipinski definition) is 5. The summed E-state index contributed by atoms with van der Waals surface area (Å²) in [7, 11) is 0. The Morgan fingerprint density at radius 3 is 2.65 bits per heavy atom. The lowest BCUT2D eigenvalue weighted by Crippen LogP contribution is -2.16. The van der Waals surface area contributed by atoms with Crippen LogP contribution >= 0.6 is 0 Å². The summed E-state index contributed by atoms with van der Waals surface area (Å²) < 4.78 is 26.7. The molecule has 9 heteroatoms. The van der Waals surface area contributed by atoms with Gasteiger partial charge in [0, 0.05) is 42.7 Å². The van der Waals surface area contributed by atoms with Crippen molar-refractivity contribution in [1.82, 2.24) is 9.97 Å². The maximum Gasteiger partial charge on any atom is 0.270 e. The maximum absolute atomic E-state index is 13.4. The van der Waals surface area contributed by atoms with Crippen molar-refractivity contribution in [2.24, 2.45) is 0 Å². The highest BCUT2D eigenvalue weighted by molar-refractivity contribution is 6.07. The molecule has 4 rings (SSSR count). The zero-order valence-electron chi connectivity index (χ0n) is 16.6. The van der Waals surface area contributed by atoms with Crippen molar-refractivity contribution in [2.75, 3.05) is 16.0 Å². The summed E-state index contributed by atoms with van der Waals surface area (Å²) >= 11 is 0. The second kappa shape index (κ2) is 8.10. The molecule has 0 fully saturated rings. The summed E-state index contributed by atoms with van der Waals surface area (Å²) in [5.74, 6) is -2.58. The number of fused-ring (bicyclic) bond motifs is 1. The second-order valence-electron chi connectivity index (χ2n) is 7.20. The number of aromatic nitrogens is 2. The molecule has 3 aromatic rings. The van der Waals surface area contributed by atoms with E-state index >= 15 is 0 Å². The molecule has 1 aliphatic rings. The highest BCUT2D eigenvalue weighted by Gasteiger charge is 2.24. The molecule has 0 saturated carbocycles. The molecule has 0 spiro atoms. The smallest absolute Gasteiger partial charge is 0.270 e. The van der Waals surface area contributed by atoms with Gasteiger partial charge in [-0.1, -0.05) is 12.1 Å². The van der Waals surface area contributed by atoms with E-state index in [-0.39, 0.29) is 17.9 Å². The van der Waals surface area contributed by atoms with Crippen LogP contribution in [0, 0.1) is 0 Å². The number of nitrogens with zero attached hydrogens (tertiary/aromatic N) is 2. The zero-order valence-corrected chi connectivity index (χ0v) is 16.6. The predicted octanol–water partition coefficient (Wildman–Crippen LogP) is 3.95. The first-order valence-corrected chi connectivity index (χ1v) is 9.56. The first-order valence-electron chi connectivity index (χ1n) is 9.56. The molecule has 0 unspecified atom stereocenters. The number of nitrogens with one attached hydrogen (secondary N) is 3. The molecular weight excluding hydrogens is 404 g/mol. The summed E-state index contributed by atoms with van der Waals surface area (Å²) in [5, 5.41) is 8.53. The fraction of sp³-hybridized carbons (Fsp3) is 0.182. The molecule has 2 amide bonds. The Balaban J connectivity index is 1.48. The molecule has 0 atom stereocenters. The van der Waals surface area contributed by atoms with Gasteiger partial charge in [-0.05, 0) is 35.9 Å². The molecule has 3 N–H and O–H groups in total. The molecule has 0 bridgehead atoms. The molecular formula is C22H19F2N5O2. The normalized spacial score (nSPS) is 12.8. The van der Waals surface area contributed by atoms with Crippen LogP contribution in [0.15, 0.2) is 54.9 Å². The number of pyridine rings is 2. The molecule has 0 saturated heterocycles. The molecule has 1 aliphatic heterocycles. The third kappa shape index (κ3) is 4.50. The van der Waals surface area contributed by atoms with Crippen molar-refractivity contribution in [1.29, 1.82) is 0 Å². The van der Waals surface area contributed by atoms with Crippen LogP contribution in [0.3, 0.4) is 0 Å². The van der Waals surface area contributed by atoms with Gasteiger partial charge in [-0.2, -0.15) is 0 Å². The van der Waals surface area contributed by atoms with Crippen LogP contribution in [-0.2, 0) is 23.7 Å². The largest absolute Gasteiger partial charge is 0.365 e. The quantitative estimate of drug-likeness (QED) is 0.558. The Morgan fingerprint density at radius 2 is 1.90 bits per heavy atom. The van der Waals surface area contributed by atoms with Gasteiger partial charge < -0.3 is 16.0 Å². The van der Waals surface area contributed by atoms with Crippen LogP contribution in [0.5, 0.6) is 0 Å². The molecule has 7 nitrogen and oxygen atoms in total. The summed E-state index contributed by atoms with van der Waals surface area (Å²) in [6.07, 6.45) is 3.42. The van der Waals surface area contributed by atoms with Crippen LogP contribution in [0.4, 0.5) is 26.1 Å². The SMILES string of the molecule is CC(F)(F)c1ccc(NC(=O)c2cccnc2NCc2ccnc3c2CC(=O)N3)cc1. The van der Waals surface area contributed by atoms with E-state index in [9.17, 15) is 18.4 Å². The number of halogens is 2. The Kier molecular flexibility index (Phi) is 5.33. The van der Waals surface area contributed by atoms with Crippen LogP contribution < -0.4 is 16.0 Å². The molecule has 0 radical (unpaired) electrons. The van der Waals surface area contributed by atoms with E-state index in [1.807, 2.05) is 0 Å². The predicted molar refractivity (Wildman–Crippen MR) is 112 cm³/mol. The minimum Gasteiger partial charge on any atom is -0.365 e. The standard InChI is InChI=1S/C22H19F2N5O2/c1-22(23,24)14-4-6-15(7-5-14)28-21(31)16-3-2-9-25-19(16)27-12-13-8-10-26-20-17(13)11-18(30)29-20/h2-10H,11-12H2,1H3,(H,25,27)(H,28,31)(H,26,29,30). The van der Waals surface area contributed by atoms with Gasteiger partial charge in [0.1, 0.15) is 11.6 Å².